The first-order chi connectivity index (χ1) is 18.7. The van der Waals surface area contributed by atoms with Crippen LogP contribution in [-0.2, 0) is 28.5 Å². The molecular formula is C29H47N3O7. The number of rotatable bonds is 11. The van der Waals surface area contributed by atoms with Gasteiger partial charge in [-0.1, -0.05) is 11.6 Å². The molecule has 6 atom stereocenters. The van der Waals surface area contributed by atoms with Crippen LogP contribution in [0.2, 0.25) is 0 Å². The quantitative estimate of drug-likeness (QED) is 0.309. The lowest BCUT2D eigenvalue weighted by Crippen LogP contribution is -2.57. The minimum absolute atomic E-state index is 0.0167. The fraction of sp³-hybridized carbons (Fsp3) is 0.862. The van der Waals surface area contributed by atoms with E-state index in [2.05, 4.69) is 37.1 Å². The molecule has 4 saturated heterocycles. The van der Waals surface area contributed by atoms with Crippen molar-refractivity contribution in [3.63, 3.8) is 0 Å². The lowest BCUT2D eigenvalue weighted by molar-refractivity contribution is -0.125. The first-order valence-corrected chi connectivity index (χ1v) is 14.7. The molecule has 5 fully saturated rings. The predicted octanol–water partition coefficient (Wildman–Crippen LogP) is 2.36. The van der Waals surface area contributed by atoms with Gasteiger partial charge >= 0.3 is 6.09 Å². The molecule has 10 heteroatoms. The van der Waals surface area contributed by atoms with Crippen molar-refractivity contribution in [2.45, 2.75) is 82.4 Å². The number of allylic oxidation sites excluding steroid dienone is 1. The van der Waals surface area contributed by atoms with E-state index in [4.69, 9.17) is 23.7 Å². The van der Waals surface area contributed by atoms with Gasteiger partial charge in [0.05, 0.1) is 31.8 Å². The highest BCUT2D eigenvalue weighted by Gasteiger charge is 2.72. The lowest BCUT2D eigenvalue weighted by Gasteiger charge is -2.44. The molecule has 5 aliphatic rings. The van der Waals surface area contributed by atoms with Crippen LogP contribution < -0.4 is 5.32 Å². The van der Waals surface area contributed by atoms with Crippen molar-refractivity contribution in [3.8, 4) is 0 Å². The standard InChI is InChI=1S/C29H47N3O7/c1-20(2)5-7-23-28(3,39-23)26-25(35-4)22(9-10-29(26)19-37-29)38-27(34)32-17-21(18-32)6-8-24(33)30-11-12-31-13-15-36-16-14-31/h5,21-23,25-26H,6-19H2,1-4H3,(H,30,33)/t22?,23-,25?,26?,28+,29?/m1/s1. The van der Waals surface area contributed by atoms with Crippen molar-refractivity contribution in [2.75, 3.05) is 66.2 Å². The molecule has 1 spiro atoms. The number of methoxy groups -OCH3 is 1. The minimum Gasteiger partial charge on any atom is -0.443 e. The molecule has 1 aliphatic carbocycles. The summed E-state index contributed by atoms with van der Waals surface area (Å²) >= 11 is 0. The number of hydrogen-bond donors (Lipinski definition) is 1. The van der Waals surface area contributed by atoms with Crippen LogP contribution >= 0.6 is 0 Å². The van der Waals surface area contributed by atoms with Crippen LogP contribution in [-0.4, -0.2) is 118 Å². The zero-order chi connectivity index (χ0) is 27.6. The number of ether oxygens (including phenoxy) is 5. The molecule has 4 aliphatic heterocycles. The predicted molar refractivity (Wildman–Crippen MR) is 144 cm³/mol. The zero-order valence-corrected chi connectivity index (χ0v) is 24.1. The Bertz CT molecular complexity index is 909. The molecular weight excluding hydrogens is 502 g/mol. The van der Waals surface area contributed by atoms with Gasteiger partial charge in [0.1, 0.15) is 23.4 Å². The van der Waals surface area contributed by atoms with E-state index >= 15 is 0 Å². The van der Waals surface area contributed by atoms with Gasteiger partial charge in [-0.3, -0.25) is 9.69 Å². The van der Waals surface area contributed by atoms with E-state index in [9.17, 15) is 9.59 Å². The van der Waals surface area contributed by atoms with E-state index in [-0.39, 0.29) is 47.4 Å². The van der Waals surface area contributed by atoms with Crippen LogP contribution in [0.5, 0.6) is 0 Å². The average Bonchev–Trinajstić information content (AvgIpc) is 3.80. The number of hydrogen-bond acceptors (Lipinski definition) is 8. The number of likely N-dealkylation sites (tertiary alicyclic amines) is 1. The number of carbonyl (C=O) groups is 2. The zero-order valence-electron chi connectivity index (χ0n) is 24.1. The minimum atomic E-state index is -0.348. The first kappa shape index (κ1) is 28.8. The average molecular weight is 550 g/mol. The van der Waals surface area contributed by atoms with E-state index < -0.39 is 0 Å². The van der Waals surface area contributed by atoms with Crippen molar-refractivity contribution in [1.82, 2.24) is 15.1 Å². The van der Waals surface area contributed by atoms with Crippen molar-refractivity contribution in [3.05, 3.63) is 11.6 Å². The third-order valence-electron chi connectivity index (χ3n) is 9.34. The van der Waals surface area contributed by atoms with Crippen LogP contribution in [0.1, 0.15) is 52.9 Å². The van der Waals surface area contributed by atoms with Gasteiger partial charge in [-0.25, -0.2) is 4.79 Å². The van der Waals surface area contributed by atoms with E-state index in [0.717, 1.165) is 58.5 Å². The Kier molecular flexibility index (Phi) is 8.88. The number of nitrogens with zero attached hydrogens (tertiary/aromatic N) is 2. The molecule has 2 amide bonds. The summed E-state index contributed by atoms with van der Waals surface area (Å²) < 4.78 is 29.6. The summed E-state index contributed by atoms with van der Waals surface area (Å²) in [5, 5.41) is 3.02. The Balaban J connectivity index is 1.04. The Morgan fingerprint density at radius 3 is 2.59 bits per heavy atom. The third-order valence-corrected chi connectivity index (χ3v) is 9.34. The molecule has 0 aromatic heterocycles. The summed E-state index contributed by atoms with van der Waals surface area (Å²) in [7, 11) is 1.70. The summed E-state index contributed by atoms with van der Waals surface area (Å²) in [6, 6.07) is 0. The number of carbonyl (C=O) groups excluding carboxylic acids is 2. The van der Waals surface area contributed by atoms with Gasteiger partial charge in [-0.15, -0.1) is 0 Å². The lowest BCUT2D eigenvalue weighted by atomic mass is 9.68. The van der Waals surface area contributed by atoms with Gasteiger partial charge in [-0.2, -0.15) is 0 Å². The summed E-state index contributed by atoms with van der Waals surface area (Å²) in [4.78, 5) is 29.3. The van der Waals surface area contributed by atoms with Crippen LogP contribution in [0.25, 0.3) is 0 Å². The molecule has 0 aromatic rings. The monoisotopic (exact) mass is 549 g/mol. The second-order valence-electron chi connectivity index (χ2n) is 12.4. The van der Waals surface area contributed by atoms with Crippen LogP contribution in [0, 0.1) is 11.8 Å². The smallest absolute Gasteiger partial charge is 0.410 e. The largest absolute Gasteiger partial charge is 0.443 e. The fourth-order valence-electron chi connectivity index (χ4n) is 6.78. The van der Waals surface area contributed by atoms with Crippen LogP contribution in [0.3, 0.4) is 0 Å². The number of epoxide rings is 2. The summed E-state index contributed by atoms with van der Waals surface area (Å²) in [5.74, 6) is 0.427. The molecule has 10 nitrogen and oxygen atoms in total. The molecule has 0 radical (unpaired) electrons. The van der Waals surface area contributed by atoms with Crippen molar-refractivity contribution in [2.24, 2.45) is 11.8 Å². The van der Waals surface area contributed by atoms with E-state index in [1.807, 2.05) is 0 Å². The second kappa shape index (κ2) is 12.0. The van der Waals surface area contributed by atoms with Crippen molar-refractivity contribution < 1.29 is 33.3 Å². The second-order valence-corrected chi connectivity index (χ2v) is 12.4. The summed E-state index contributed by atoms with van der Waals surface area (Å²) in [5.41, 5.74) is 0.697. The highest BCUT2D eigenvalue weighted by atomic mass is 16.6. The maximum absolute atomic E-state index is 13.0. The Labute approximate surface area is 232 Å². The van der Waals surface area contributed by atoms with Gasteiger partial charge < -0.3 is 33.9 Å². The molecule has 39 heavy (non-hydrogen) atoms. The number of amides is 2. The van der Waals surface area contributed by atoms with Gasteiger partial charge in [-0.05, 0) is 52.4 Å². The fourth-order valence-corrected chi connectivity index (χ4v) is 6.78. The Hall–Kier alpha value is -1.72. The molecule has 1 N–H and O–H groups in total. The van der Waals surface area contributed by atoms with Crippen molar-refractivity contribution >= 4 is 12.0 Å². The SMILES string of the molecule is COC1C(OC(=O)N2CC(CCC(=O)NCCN3CCOCC3)C2)CCC2(CO2)C1[C@@]1(C)O[C@@H]1CC=C(C)C. The first-order valence-electron chi connectivity index (χ1n) is 14.7. The maximum Gasteiger partial charge on any atom is 0.410 e. The Morgan fingerprint density at radius 1 is 1.18 bits per heavy atom. The van der Waals surface area contributed by atoms with E-state index in [1.165, 1.54) is 5.57 Å². The number of morpholine rings is 1. The number of nitrogens with one attached hydrogen (secondary N) is 1. The molecule has 220 valence electrons. The van der Waals surface area contributed by atoms with Gasteiger partial charge in [0, 0.05) is 52.8 Å². The third kappa shape index (κ3) is 6.62. The normalized spacial score (nSPS) is 36.3. The highest BCUT2D eigenvalue weighted by Crippen LogP contribution is 2.59. The maximum atomic E-state index is 13.0. The highest BCUT2D eigenvalue weighted by molar-refractivity contribution is 5.76. The molecule has 1 saturated carbocycles. The Morgan fingerprint density at radius 2 is 1.92 bits per heavy atom. The molecule has 5 rings (SSSR count). The summed E-state index contributed by atoms with van der Waals surface area (Å²) in [6.45, 7) is 13.2. The van der Waals surface area contributed by atoms with Gasteiger partial charge in [0.25, 0.3) is 0 Å². The molecule has 0 bridgehead atoms. The van der Waals surface area contributed by atoms with E-state index in [1.54, 1.807) is 12.0 Å². The van der Waals surface area contributed by atoms with Gasteiger partial charge in [0.2, 0.25) is 5.91 Å². The van der Waals surface area contributed by atoms with Crippen LogP contribution in [0.4, 0.5) is 4.79 Å². The topological polar surface area (TPSA) is 105 Å². The molecule has 4 heterocycles. The van der Waals surface area contributed by atoms with Crippen molar-refractivity contribution in [1.29, 1.82) is 0 Å². The van der Waals surface area contributed by atoms with E-state index in [0.29, 0.717) is 38.6 Å². The molecule has 4 unspecified atom stereocenters. The molecule has 0 aromatic carbocycles. The summed E-state index contributed by atoms with van der Waals surface area (Å²) in [6.07, 6.45) is 5.14. The van der Waals surface area contributed by atoms with Gasteiger partial charge in [0.15, 0.2) is 0 Å². The van der Waals surface area contributed by atoms with Crippen LogP contribution in [0.15, 0.2) is 11.6 Å².